The van der Waals surface area contributed by atoms with Crippen LogP contribution in [0.25, 0.3) is 11.0 Å². The van der Waals surface area contributed by atoms with Crippen molar-refractivity contribution in [2.45, 2.75) is 22.9 Å². The lowest BCUT2D eigenvalue weighted by Gasteiger charge is -2.25. The summed E-state index contributed by atoms with van der Waals surface area (Å²) in [4.78, 5) is 12.6. The Morgan fingerprint density at radius 2 is 1.36 bits per heavy atom. The van der Waals surface area contributed by atoms with E-state index in [1.807, 2.05) is 0 Å². The summed E-state index contributed by atoms with van der Waals surface area (Å²) in [6.45, 7) is 1.72. The third kappa shape index (κ3) is 4.37. The summed E-state index contributed by atoms with van der Waals surface area (Å²) >= 11 is 3.55. The highest BCUT2D eigenvalue weighted by Gasteiger charge is 2.11. The molecule has 3 nitrogen and oxygen atoms in total. The third-order valence-corrected chi connectivity index (χ3v) is 6.32. The van der Waals surface area contributed by atoms with Crippen molar-refractivity contribution in [3.8, 4) is 0 Å². The highest BCUT2D eigenvalue weighted by atomic mass is 32.2. The molecule has 0 aliphatic rings. The number of rotatable bonds is 7. The van der Waals surface area contributed by atoms with Gasteiger partial charge in [-0.2, -0.15) is 0 Å². The minimum Gasteiger partial charge on any atom is -0.363 e. The molecule has 0 bridgehead atoms. The molecule has 0 fully saturated rings. The summed E-state index contributed by atoms with van der Waals surface area (Å²) in [6, 6.07) is 24.1. The number of fused-ring (bicyclic) bond motifs is 1. The third-order valence-electron chi connectivity index (χ3n) is 4.83. The van der Waals surface area contributed by atoms with Crippen molar-refractivity contribution in [1.29, 1.82) is 0 Å². The molecule has 0 aliphatic heterocycles. The van der Waals surface area contributed by atoms with Gasteiger partial charge >= 0.3 is 0 Å². The number of nitrogens with zero attached hydrogens (tertiary/aromatic N) is 2. The van der Waals surface area contributed by atoms with Crippen molar-refractivity contribution in [2.75, 3.05) is 17.4 Å². The molecule has 0 radical (unpaired) electrons. The zero-order valence-electron chi connectivity index (χ0n) is 16.1. The first kappa shape index (κ1) is 19.0. The molecule has 5 heteroatoms. The van der Waals surface area contributed by atoms with Gasteiger partial charge in [0.15, 0.2) is 0 Å². The average Bonchev–Trinajstić information content (AvgIpc) is 3.22. The Kier molecular flexibility index (Phi) is 5.93. The quantitative estimate of drug-likeness (QED) is 0.370. The molecule has 142 valence electrons. The second-order valence-corrected chi connectivity index (χ2v) is 8.42. The predicted molar refractivity (Wildman–Crippen MR) is 122 cm³/mol. The molecule has 4 rings (SSSR count). The van der Waals surface area contributed by atoms with Gasteiger partial charge in [-0.3, -0.25) is 0 Å². The number of hydrogen-bond acceptors (Lipinski definition) is 4. The van der Waals surface area contributed by atoms with E-state index in [0.29, 0.717) is 0 Å². The average molecular weight is 406 g/mol. The Bertz CT molecular complexity index is 990. The Hall–Kier alpha value is -2.37. The number of aromatic nitrogens is 2. The molecule has 0 spiro atoms. The summed E-state index contributed by atoms with van der Waals surface area (Å²) in [5, 5.41) is 0. The van der Waals surface area contributed by atoms with Crippen LogP contribution in [0, 0.1) is 0 Å². The van der Waals surface area contributed by atoms with Crippen molar-refractivity contribution >= 4 is 40.2 Å². The van der Waals surface area contributed by atoms with Crippen LogP contribution in [0.3, 0.4) is 0 Å². The van der Waals surface area contributed by atoms with Crippen LogP contribution < -0.4 is 4.90 Å². The monoisotopic (exact) mass is 405 g/mol. The maximum atomic E-state index is 4.35. The number of H-pyrrole nitrogens is 1. The van der Waals surface area contributed by atoms with E-state index in [1.165, 1.54) is 26.6 Å². The van der Waals surface area contributed by atoms with Crippen molar-refractivity contribution in [3.63, 3.8) is 0 Å². The molecule has 3 aromatic carbocycles. The number of hydrogen-bond donors (Lipinski definition) is 1. The number of nitrogens with one attached hydrogen (secondary N) is 1. The summed E-state index contributed by atoms with van der Waals surface area (Å²) in [7, 11) is 0. The lowest BCUT2D eigenvalue weighted by atomic mass is 10.1. The molecule has 0 atom stereocenters. The Balaban J connectivity index is 1.63. The van der Waals surface area contributed by atoms with Crippen molar-refractivity contribution < 1.29 is 0 Å². The van der Waals surface area contributed by atoms with E-state index in [2.05, 4.69) is 94.1 Å². The standard InChI is InChI=1S/C23H23N3S2/c1-27-20-8-3-17(4-9-20)14-26(15-18-5-10-21(28-2)11-6-18)19-7-12-22-23(13-19)25-16-24-22/h3-13,16H,14-15H2,1-2H3,(H,24,25). The Labute approximate surface area is 174 Å². The summed E-state index contributed by atoms with van der Waals surface area (Å²) in [5.74, 6) is 0. The van der Waals surface area contributed by atoms with Gasteiger partial charge in [0.1, 0.15) is 0 Å². The second-order valence-electron chi connectivity index (χ2n) is 6.66. The molecule has 28 heavy (non-hydrogen) atoms. The van der Waals surface area contributed by atoms with Crippen LogP contribution in [-0.4, -0.2) is 22.5 Å². The van der Waals surface area contributed by atoms with Crippen molar-refractivity contribution in [3.05, 3.63) is 84.2 Å². The highest BCUT2D eigenvalue weighted by molar-refractivity contribution is 7.98. The van der Waals surface area contributed by atoms with Gasteiger partial charge in [-0.15, -0.1) is 23.5 Å². The van der Waals surface area contributed by atoms with Crippen molar-refractivity contribution in [1.82, 2.24) is 9.97 Å². The second kappa shape index (κ2) is 8.76. The van der Waals surface area contributed by atoms with Gasteiger partial charge in [-0.25, -0.2) is 4.98 Å². The number of thioether (sulfide) groups is 2. The smallest absolute Gasteiger partial charge is 0.0931 e. The molecule has 1 heterocycles. The van der Waals surface area contributed by atoms with Crippen LogP contribution >= 0.6 is 23.5 Å². The van der Waals surface area contributed by atoms with Crippen LogP contribution in [0.15, 0.2) is 82.8 Å². The van der Waals surface area contributed by atoms with E-state index in [1.54, 1.807) is 29.9 Å². The van der Waals surface area contributed by atoms with Gasteiger partial charge in [0.05, 0.1) is 17.4 Å². The van der Waals surface area contributed by atoms with E-state index < -0.39 is 0 Å². The van der Waals surface area contributed by atoms with Crippen molar-refractivity contribution in [2.24, 2.45) is 0 Å². The maximum absolute atomic E-state index is 4.35. The molecule has 0 saturated carbocycles. The number of imidazole rings is 1. The van der Waals surface area contributed by atoms with E-state index >= 15 is 0 Å². The Morgan fingerprint density at radius 3 is 1.89 bits per heavy atom. The topological polar surface area (TPSA) is 31.9 Å². The number of anilines is 1. The highest BCUT2D eigenvalue weighted by Crippen LogP contribution is 2.25. The first-order valence-electron chi connectivity index (χ1n) is 9.19. The van der Waals surface area contributed by atoms with Gasteiger partial charge in [0, 0.05) is 28.6 Å². The van der Waals surface area contributed by atoms with Crippen LogP contribution in [0.5, 0.6) is 0 Å². The van der Waals surface area contributed by atoms with Gasteiger partial charge in [0.25, 0.3) is 0 Å². The molecular formula is C23H23N3S2. The summed E-state index contributed by atoms with van der Waals surface area (Å²) < 4.78 is 0. The maximum Gasteiger partial charge on any atom is 0.0931 e. The zero-order valence-corrected chi connectivity index (χ0v) is 17.7. The van der Waals surface area contributed by atoms with Crippen LogP contribution in [-0.2, 0) is 13.1 Å². The lowest BCUT2D eigenvalue weighted by molar-refractivity contribution is 0.799. The zero-order chi connectivity index (χ0) is 19.3. The molecule has 0 saturated heterocycles. The van der Waals surface area contributed by atoms with E-state index in [-0.39, 0.29) is 0 Å². The van der Waals surface area contributed by atoms with Crippen LogP contribution in [0.2, 0.25) is 0 Å². The molecule has 4 aromatic rings. The molecule has 0 unspecified atom stereocenters. The summed E-state index contributed by atoms with van der Waals surface area (Å²) in [6.07, 6.45) is 5.97. The largest absolute Gasteiger partial charge is 0.363 e. The fraction of sp³-hybridized carbons (Fsp3) is 0.174. The first-order valence-corrected chi connectivity index (χ1v) is 11.6. The van der Waals surface area contributed by atoms with Crippen LogP contribution in [0.4, 0.5) is 5.69 Å². The van der Waals surface area contributed by atoms with E-state index in [9.17, 15) is 0 Å². The first-order chi connectivity index (χ1) is 13.7. The molecule has 0 amide bonds. The molecule has 0 aliphatic carbocycles. The fourth-order valence-corrected chi connectivity index (χ4v) is 4.08. The Morgan fingerprint density at radius 1 is 0.786 bits per heavy atom. The van der Waals surface area contributed by atoms with E-state index in [0.717, 1.165) is 24.1 Å². The normalized spacial score (nSPS) is 11.1. The summed E-state index contributed by atoms with van der Waals surface area (Å²) in [5.41, 5.74) is 5.88. The van der Waals surface area contributed by atoms with Crippen LogP contribution in [0.1, 0.15) is 11.1 Å². The fourth-order valence-electron chi connectivity index (χ4n) is 3.26. The minimum atomic E-state index is 0.860. The number of benzene rings is 3. The van der Waals surface area contributed by atoms with Gasteiger partial charge in [-0.1, -0.05) is 24.3 Å². The van der Waals surface area contributed by atoms with Gasteiger partial charge in [-0.05, 0) is 66.1 Å². The SMILES string of the molecule is CSc1ccc(CN(Cc2ccc(SC)cc2)c2ccc3nc[nH]c3c2)cc1. The minimum absolute atomic E-state index is 0.860. The lowest BCUT2D eigenvalue weighted by Crippen LogP contribution is -2.22. The molecular weight excluding hydrogens is 382 g/mol. The molecule has 1 aromatic heterocycles. The van der Waals surface area contributed by atoms with Gasteiger partial charge < -0.3 is 9.88 Å². The number of aromatic amines is 1. The van der Waals surface area contributed by atoms with Gasteiger partial charge in [0.2, 0.25) is 0 Å². The molecule has 1 N–H and O–H groups in total. The van der Waals surface area contributed by atoms with E-state index in [4.69, 9.17) is 0 Å². The predicted octanol–water partition coefficient (Wildman–Crippen LogP) is 6.21.